The first-order valence-electron chi connectivity index (χ1n) is 6.55. The van der Waals surface area contributed by atoms with Crippen LogP contribution in [-0.2, 0) is 0 Å². The normalized spacial score (nSPS) is 16.3. The molecule has 0 aliphatic carbocycles. The van der Waals surface area contributed by atoms with Crippen LogP contribution >= 0.6 is 0 Å². The largest absolute Gasteiger partial charge is 0.337 e. The zero-order valence-corrected chi connectivity index (χ0v) is 10.7. The van der Waals surface area contributed by atoms with Gasteiger partial charge >= 0.3 is 0 Å². The predicted molar refractivity (Wildman–Crippen MR) is 72.9 cm³/mol. The maximum Gasteiger partial charge on any atom is 0.253 e. The Balaban J connectivity index is 1.88. The lowest BCUT2D eigenvalue weighted by Gasteiger charge is -2.20. The number of aromatic nitrogens is 2. The molecule has 3 rings (SSSR count). The molecule has 1 N–H and O–H groups in total. The Labute approximate surface area is 111 Å². The molecule has 1 fully saturated rings. The third-order valence-corrected chi connectivity index (χ3v) is 3.34. The van der Waals surface area contributed by atoms with E-state index in [1.165, 1.54) is 0 Å². The van der Waals surface area contributed by atoms with Crippen molar-refractivity contribution < 1.29 is 4.79 Å². The Hall–Kier alpha value is -2.01. The van der Waals surface area contributed by atoms with Gasteiger partial charge in [0.1, 0.15) is 0 Å². The summed E-state index contributed by atoms with van der Waals surface area (Å²) in [5, 5.41) is 3.30. The van der Waals surface area contributed by atoms with E-state index in [1.807, 2.05) is 23.1 Å². The lowest BCUT2D eigenvalue weighted by atomic mass is 10.1. The number of nitrogens with one attached hydrogen (secondary N) is 1. The molecule has 0 spiro atoms. The zero-order valence-electron chi connectivity index (χ0n) is 10.7. The van der Waals surface area contributed by atoms with E-state index in [0.29, 0.717) is 5.56 Å². The van der Waals surface area contributed by atoms with Gasteiger partial charge in [-0.05, 0) is 31.2 Å². The summed E-state index contributed by atoms with van der Waals surface area (Å²) in [7, 11) is 0. The van der Waals surface area contributed by atoms with E-state index in [2.05, 4.69) is 15.3 Å². The summed E-state index contributed by atoms with van der Waals surface area (Å²) in [6.07, 6.45) is 4.30. The minimum absolute atomic E-state index is 0.0799. The highest BCUT2D eigenvalue weighted by atomic mass is 16.2. The summed E-state index contributed by atoms with van der Waals surface area (Å²) in [6.45, 7) is 3.41. The van der Waals surface area contributed by atoms with Gasteiger partial charge in [0.15, 0.2) is 0 Å². The van der Waals surface area contributed by atoms with E-state index in [1.54, 1.807) is 12.4 Å². The minimum Gasteiger partial charge on any atom is -0.337 e. The number of fused-ring (bicyclic) bond motifs is 1. The number of hydrogen-bond acceptors (Lipinski definition) is 4. The second kappa shape index (κ2) is 5.32. The number of carbonyl (C=O) groups is 1. The third kappa shape index (κ3) is 2.56. The molecular formula is C14H16N4O. The summed E-state index contributed by atoms with van der Waals surface area (Å²) >= 11 is 0. The van der Waals surface area contributed by atoms with Crippen molar-refractivity contribution in [1.82, 2.24) is 20.2 Å². The molecule has 1 saturated heterocycles. The molecule has 1 aromatic carbocycles. The van der Waals surface area contributed by atoms with Crippen LogP contribution in [0.2, 0.25) is 0 Å². The average molecular weight is 256 g/mol. The molecule has 0 bridgehead atoms. The fourth-order valence-electron chi connectivity index (χ4n) is 2.33. The van der Waals surface area contributed by atoms with Crippen molar-refractivity contribution in [2.75, 3.05) is 26.2 Å². The molecule has 1 aromatic heterocycles. The lowest BCUT2D eigenvalue weighted by Crippen LogP contribution is -2.34. The standard InChI is InChI=1S/C14H16N4O/c19-14(18-8-1-4-15-7-9-18)11-2-3-12-13(10-11)17-6-5-16-12/h2-3,5-6,10,15H,1,4,7-9H2. The van der Waals surface area contributed by atoms with Gasteiger partial charge in [0.25, 0.3) is 5.91 Å². The molecule has 19 heavy (non-hydrogen) atoms. The number of hydrogen-bond donors (Lipinski definition) is 1. The summed E-state index contributed by atoms with van der Waals surface area (Å²) in [5.74, 6) is 0.0799. The number of benzene rings is 1. The van der Waals surface area contributed by atoms with E-state index in [0.717, 1.165) is 43.6 Å². The van der Waals surface area contributed by atoms with Crippen LogP contribution in [0.4, 0.5) is 0 Å². The molecule has 2 heterocycles. The number of nitrogens with zero attached hydrogens (tertiary/aromatic N) is 3. The van der Waals surface area contributed by atoms with E-state index in [-0.39, 0.29) is 5.91 Å². The Kier molecular flexibility index (Phi) is 3.37. The van der Waals surface area contributed by atoms with Gasteiger partial charge in [0.05, 0.1) is 11.0 Å². The van der Waals surface area contributed by atoms with Gasteiger partial charge in [-0.3, -0.25) is 14.8 Å². The van der Waals surface area contributed by atoms with Gasteiger partial charge < -0.3 is 10.2 Å². The highest BCUT2D eigenvalue weighted by Gasteiger charge is 2.17. The first-order valence-corrected chi connectivity index (χ1v) is 6.55. The first-order chi connectivity index (χ1) is 9.34. The molecule has 1 aliphatic heterocycles. The molecule has 1 amide bonds. The molecule has 98 valence electrons. The molecule has 5 heteroatoms. The summed E-state index contributed by atoms with van der Waals surface area (Å²) < 4.78 is 0. The predicted octanol–water partition coefficient (Wildman–Crippen LogP) is 1.07. The van der Waals surface area contributed by atoms with Crippen LogP contribution in [0.25, 0.3) is 11.0 Å². The van der Waals surface area contributed by atoms with Crippen molar-refractivity contribution in [1.29, 1.82) is 0 Å². The first kappa shape index (κ1) is 12.0. The van der Waals surface area contributed by atoms with Crippen molar-refractivity contribution in [2.45, 2.75) is 6.42 Å². The summed E-state index contributed by atoms with van der Waals surface area (Å²) in [4.78, 5) is 22.8. The van der Waals surface area contributed by atoms with Crippen LogP contribution in [0.15, 0.2) is 30.6 Å². The van der Waals surface area contributed by atoms with Gasteiger partial charge in [-0.25, -0.2) is 0 Å². The zero-order chi connectivity index (χ0) is 13.1. The molecule has 1 aliphatic rings. The maximum atomic E-state index is 12.4. The lowest BCUT2D eigenvalue weighted by molar-refractivity contribution is 0.0766. The average Bonchev–Trinajstić information content (AvgIpc) is 2.75. The van der Waals surface area contributed by atoms with Gasteiger partial charge in [-0.15, -0.1) is 0 Å². The van der Waals surface area contributed by atoms with Crippen LogP contribution in [0.3, 0.4) is 0 Å². The summed E-state index contributed by atoms with van der Waals surface area (Å²) in [6, 6.07) is 5.51. The molecule has 0 radical (unpaired) electrons. The second-order valence-electron chi connectivity index (χ2n) is 4.66. The Bertz CT molecular complexity index is 591. The molecule has 0 saturated carbocycles. The monoisotopic (exact) mass is 256 g/mol. The topological polar surface area (TPSA) is 58.1 Å². The molecule has 0 atom stereocenters. The van der Waals surface area contributed by atoms with Crippen LogP contribution in [-0.4, -0.2) is 47.0 Å². The molecule has 2 aromatic rings. The SMILES string of the molecule is O=C(c1ccc2nccnc2c1)N1CCCNCC1. The fraction of sp³-hybridized carbons (Fsp3) is 0.357. The molecule has 0 unspecified atom stereocenters. The number of carbonyl (C=O) groups excluding carboxylic acids is 1. The van der Waals surface area contributed by atoms with E-state index in [4.69, 9.17) is 0 Å². The summed E-state index contributed by atoms with van der Waals surface area (Å²) in [5.41, 5.74) is 2.27. The van der Waals surface area contributed by atoms with Crippen molar-refractivity contribution in [2.24, 2.45) is 0 Å². The molecular weight excluding hydrogens is 240 g/mol. The van der Waals surface area contributed by atoms with Gasteiger partial charge in [0.2, 0.25) is 0 Å². The van der Waals surface area contributed by atoms with E-state index < -0.39 is 0 Å². The highest BCUT2D eigenvalue weighted by Crippen LogP contribution is 2.13. The van der Waals surface area contributed by atoms with E-state index in [9.17, 15) is 4.79 Å². The van der Waals surface area contributed by atoms with Gasteiger partial charge in [-0.2, -0.15) is 0 Å². The minimum atomic E-state index is 0.0799. The fourth-order valence-corrected chi connectivity index (χ4v) is 2.33. The van der Waals surface area contributed by atoms with Crippen LogP contribution in [0, 0.1) is 0 Å². The van der Waals surface area contributed by atoms with Crippen LogP contribution in [0.1, 0.15) is 16.8 Å². The second-order valence-corrected chi connectivity index (χ2v) is 4.66. The number of amides is 1. The molecule has 5 nitrogen and oxygen atoms in total. The Morgan fingerprint density at radius 3 is 2.84 bits per heavy atom. The maximum absolute atomic E-state index is 12.4. The van der Waals surface area contributed by atoms with Crippen LogP contribution < -0.4 is 5.32 Å². The van der Waals surface area contributed by atoms with Crippen LogP contribution in [0.5, 0.6) is 0 Å². The Morgan fingerprint density at radius 2 is 1.95 bits per heavy atom. The number of rotatable bonds is 1. The highest BCUT2D eigenvalue weighted by molar-refractivity contribution is 5.97. The van der Waals surface area contributed by atoms with Crippen molar-refractivity contribution in [3.8, 4) is 0 Å². The Morgan fingerprint density at radius 1 is 1.11 bits per heavy atom. The smallest absolute Gasteiger partial charge is 0.253 e. The van der Waals surface area contributed by atoms with E-state index >= 15 is 0 Å². The van der Waals surface area contributed by atoms with Crippen molar-refractivity contribution in [3.63, 3.8) is 0 Å². The third-order valence-electron chi connectivity index (χ3n) is 3.34. The van der Waals surface area contributed by atoms with Crippen molar-refractivity contribution >= 4 is 16.9 Å². The quantitative estimate of drug-likeness (QED) is 0.829. The van der Waals surface area contributed by atoms with Crippen molar-refractivity contribution in [3.05, 3.63) is 36.2 Å². The van der Waals surface area contributed by atoms with Gasteiger partial charge in [-0.1, -0.05) is 0 Å². The van der Waals surface area contributed by atoms with Gasteiger partial charge in [0, 0.05) is 37.6 Å².